The maximum Gasteiger partial charge on any atom is 0.272 e. The Bertz CT molecular complexity index is 527. The molecule has 0 atom stereocenters. The summed E-state index contributed by atoms with van der Waals surface area (Å²) in [5, 5.41) is 0. The van der Waals surface area contributed by atoms with Crippen LogP contribution < -0.4 is 4.90 Å². The Labute approximate surface area is 124 Å². The molecule has 21 heavy (non-hydrogen) atoms. The largest absolute Gasteiger partial charge is 0.366 e. The van der Waals surface area contributed by atoms with Crippen LogP contribution in [0.5, 0.6) is 0 Å². The van der Waals surface area contributed by atoms with Gasteiger partial charge in [0.2, 0.25) is 0 Å². The van der Waals surface area contributed by atoms with Crippen molar-refractivity contribution in [3.05, 3.63) is 24.0 Å². The van der Waals surface area contributed by atoms with Crippen LogP contribution in [0.4, 0.5) is 5.69 Å². The van der Waals surface area contributed by atoms with Gasteiger partial charge in [0.25, 0.3) is 5.91 Å². The fourth-order valence-corrected chi connectivity index (χ4v) is 2.90. The number of ether oxygens (including phenoxy) is 2. The number of aromatic nitrogens is 1. The summed E-state index contributed by atoms with van der Waals surface area (Å²) in [7, 11) is 3.46. The van der Waals surface area contributed by atoms with Crippen molar-refractivity contribution in [2.24, 2.45) is 0 Å². The second-order valence-corrected chi connectivity index (χ2v) is 5.73. The highest BCUT2D eigenvalue weighted by Crippen LogP contribution is 2.32. The molecule has 2 fully saturated rings. The molecule has 1 amide bonds. The SMILES string of the molecule is CN(C)C(=O)c1cc(N2CCCC3(C2)OCCO3)ccn1. The Kier molecular flexibility index (Phi) is 3.82. The summed E-state index contributed by atoms with van der Waals surface area (Å²) in [6, 6.07) is 3.77. The monoisotopic (exact) mass is 291 g/mol. The number of hydrogen-bond acceptors (Lipinski definition) is 5. The van der Waals surface area contributed by atoms with Gasteiger partial charge in [-0.3, -0.25) is 9.78 Å². The molecule has 3 heterocycles. The number of amides is 1. The summed E-state index contributed by atoms with van der Waals surface area (Å²) in [6.45, 7) is 2.96. The predicted octanol–water partition coefficient (Wildman–Crippen LogP) is 1.13. The summed E-state index contributed by atoms with van der Waals surface area (Å²) in [5.41, 5.74) is 1.46. The molecule has 2 aliphatic rings. The molecule has 0 saturated carbocycles. The number of piperidine rings is 1. The third kappa shape index (κ3) is 2.87. The van der Waals surface area contributed by atoms with E-state index >= 15 is 0 Å². The molecule has 114 valence electrons. The first-order chi connectivity index (χ1) is 10.1. The van der Waals surface area contributed by atoms with Crippen molar-refractivity contribution in [1.29, 1.82) is 0 Å². The van der Waals surface area contributed by atoms with Crippen molar-refractivity contribution < 1.29 is 14.3 Å². The molecule has 6 heteroatoms. The van der Waals surface area contributed by atoms with Crippen LogP contribution >= 0.6 is 0 Å². The molecule has 0 bridgehead atoms. The van der Waals surface area contributed by atoms with Crippen LogP contribution in [0.25, 0.3) is 0 Å². The molecule has 0 radical (unpaired) electrons. The van der Waals surface area contributed by atoms with Gasteiger partial charge in [-0.15, -0.1) is 0 Å². The molecule has 3 rings (SSSR count). The van der Waals surface area contributed by atoms with Crippen LogP contribution in [-0.4, -0.2) is 62.0 Å². The quantitative estimate of drug-likeness (QED) is 0.817. The molecule has 1 aromatic rings. The minimum Gasteiger partial charge on any atom is -0.366 e. The van der Waals surface area contributed by atoms with Crippen molar-refractivity contribution in [2.45, 2.75) is 18.6 Å². The highest BCUT2D eigenvalue weighted by atomic mass is 16.7. The highest BCUT2D eigenvalue weighted by Gasteiger charge is 2.40. The number of nitrogens with zero attached hydrogens (tertiary/aromatic N) is 3. The van der Waals surface area contributed by atoms with Crippen molar-refractivity contribution in [1.82, 2.24) is 9.88 Å². The van der Waals surface area contributed by atoms with Gasteiger partial charge in [0, 0.05) is 38.9 Å². The van der Waals surface area contributed by atoms with Crippen LogP contribution in [0.3, 0.4) is 0 Å². The first-order valence-electron chi connectivity index (χ1n) is 7.30. The minimum atomic E-state index is -0.465. The third-order valence-electron chi connectivity index (χ3n) is 3.96. The number of pyridine rings is 1. The second kappa shape index (κ2) is 5.61. The lowest BCUT2D eigenvalue weighted by molar-refractivity contribution is -0.161. The molecule has 0 aliphatic carbocycles. The first kappa shape index (κ1) is 14.3. The normalized spacial score (nSPS) is 20.8. The molecule has 0 aromatic carbocycles. The Morgan fingerprint density at radius 2 is 2.14 bits per heavy atom. The van der Waals surface area contributed by atoms with E-state index in [-0.39, 0.29) is 5.91 Å². The van der Waals surface area contributed by atoms with Gasteiger partial charge in [-0.05, 0) is 18.6 Å². The van der Waals surface area contributed by atoms with Crippen LogP contribution in [0.15, 0.2) is 18.3 Å². The number of anilines is 1. The number of carbonyl (C=O) groups is 1. The average molecular weight is 291 g/mol. The molecule has 0 unspecified atom stereocenters. The maximum atomic E-state index is 12.0. The Hall–Kier alpha value is -1.66. The summed E-state index contributed by atoms with van der Waals surface area (Å²) in [6.07, 6.45) is 3.63. The fourth-order valence-electron chi connectivity index (χ4n) is 2.90. The lowest BCUT2D eigenvalue weighted by atomic mass is 10.0. The smallest absolute Gasteiger partial charge is 0.272 e. The van der Waals surface area contributed by atoms with E-state index in [0.717, 1.165) is 25.1 Å². The van der Waals surface area contributed by atoms with Gasteiger partial charge in [0.15, 0.2) is 5.79 Å². The van der Waals surface area contributed by atoms with E-state index in [1.807, 2.05) is 12.1 Å². The lowest BCUT2D eigenvalue weighted by Gasteiger charge is -2.39. The predicted molar refractivity (Wildman–Crippen MR) is 78.3 cm³/mol. The van der Waals surface area contributed by atoms with Gasteiger partial charge in [-0.1, -0.05) is 0 Å². The van der Waals surface area contributed by atoms with Crippen molar-refractivity contribution in [3.63, 3.8) is 0 Å². The minimum absolute atomic E-state index is 0.0862. The Morgan fingerprint density at radius 1 is 1.38 bits per heavy atom. The van der Waals surface area contributed by atoms with E-state index in [1.165, 1.54) is 4.90 Å². The zero-order valence-corrected chi connectivity index (χ0v) is 12.5. The molecule has 0 N–H and O–H groups in total. The van der Waals surface area contributed by atoms with Gasteiger partial charge < -0.3 is 19.3 Å². The van der Waals surface area contributed by atoms with Gasteiger partial charge >= 0.3 is 0 Å². The van der Waals surface area contributed by atoms with Crippen LogP contribution in [0.2, 0.25) is 0 Å². The van der Waals surface area contributed by atoms with Crippen LogP contribution in [0, 0.1) is 0 Å². The maximum absolute atomic E-state index is 12.0. The van der Waals surface area contributed by atoms with E-state index in [2.05, 4.69) is 9.88 Å². The van der Waals surface area contributed by atoms with Gasteiger partial charge in [-0.25, -0.2) is 0 Å². The van der Waals surface area contributed by atoms with E-state index in [4.69, 9.17) is 9.47 Å². The first-order valence-corrected chi connectivity index (χ1v) is 7.30. The van der Waals surface area contributed by atoms with Crippen molar-refractivity contribution >= 4 is 11.6 Å². The van der Waals surface area contributed by atoms with E-state index in [0.29, 0.717) is 25.5 Å². The van der Waals surface area contributed by atoms with E-state index in [1.54, 1.807) is 20.3 Å². The average Bonchev–Trinajstić information content (AvgIpc) is 2.94. The summed E-state index contributed by atoms with van der Waals surface area (Å²) in [4.78, 5) is 19.9. The second-order valence-electron chi connectivity index (χ2n) is 5.73. The number of hydrogen-bond donors (Lipinski definition) is 0. The zero-order valence-electron chi connectivity index (χ0n) is 12.5. The molecule has 1 aromatic heterocycles. The van der Waals surface area contributed by atoms with E-state index in [9.17, 15) is 4.79 Å². The fraction of sp³-hybridized carbons (Fsp3) is 0.600. The molecule has 6 nitrogen and oxygen atoms in total. The van der Waals surface area contributed by atoms with Gasteiger partial charge in [0.05, 0.1) is 19.8 Å². The third-order valence-corrected chi connectivity index (χ3v) is 3.96. The van der Waals surface area contributed by atoms with Gasteiger partial charge in [0.1, 0.15) is 5.69 Å². The number of carbonyl (C=O) groups excluding carboxylic acids is 1. The lowest BCUT2D eigenvalue weighted by Crippen LogP contribution is -2.49. The zero-order chi connectivity index (χ0) is 14.9. The topological polar surface area (TPSA) is 54.9 Å². The highest BCUT2D eigenvalue weighted by molar-refractivity contribution is 5.92. The molecule has 1 spiro atoms. The summed E-state index contributed by atoms with van der Waals surface area (Å²) < 4.78 is 11.6. The Balaban J connectivity index is 1.80. The van der Waals surface area contributed by atoms with Gasteiger partial charge in [-0.2, -0.15) is 0 Å². The van der Waals surface area contributed by atoms with Crippen LogP contribution in [0.1, 0.15) is 23.3 Å². The molecule has 2 aliphatic heterocycles. The Morgan fingerprint density at radius 3 is 2.86 bits per heavy atom. The standard InChI is InChI=1S/C15H21N3O3/c1-17(2)14(19)13-10-12(4-6-16-13)18-7-3-5-15(11-18)20-8-9-21-15/h4,6,10H,3,5,7-9,11H2,1-2H3. The molecular weight excluding hydrogens is 270 g/mol. The summed E-state index contributed by atoms with van der Waals surface area (Å²) in [5.74, 6) is -0.551. The van der Waals surface area contributed by atoms with Crippen LogP contribution in [-0.2, 0) is 9.47 Å². The number of rotatable bonds is 2. The molecular formula is C15H21N3O3. The van der Waals surface area contributed by atoms with Crippen molar-refractivity contribution in [3.8, 4) is 0 Å². The summed E-state index contributed by atoms with van der Waals surface area (Å²) >= 11 is 0. The van der Waals surface area contributed by atoms with Crippen molar-refractivity contribution in [2.75, 3.05) is 45.3 Å². The van der Waals surface area contributed by atoms with E-state index < -0.39 is 5.79 Å². The molecule has 2 saturated heterocycles.